The second-order valence-corrected chi connectivity index (χ2v) is 10.1. The summed E-state index contributed by atoms with van der Waals surface area (Å²) in [5.74, 6) is 0.230. The molecular formula is C30H35BrN2O3. The van der Waals surface area contributed by atoms with Gasteiger partial charge in [-0.25, -0.2) is 0 Å². The predicted octanol–water partition coefficient (Wildman–Crippen LogP) is 6.00. The van der Waals surface area contributed by atoms with E-state index >= 15 is 0 Å². The number of carbonyl (C=O) groups is 2. The van der Waals surface area contributed by atoms with Crippen molar-refractivity contribution < 1.29 is 14.3 Å². The number of amides is 2. The molecule has 2 unspecified atom stereocenters. The largest absolute Gasteiger partial charge is 0.484 e. The van der Waals surface area contributed by atoms with Gasteiger partial charge in [0.1, 0.15) is 11.8 Å². The summed E-state index contributed by atoms with van der Waals surface area (Å²) in [5.41, 5.74) is 4.18. The molecule has 36 heavy (non-hydrogen) atoms. The Balaban J connectivity index is 1.91. The Morgan fingerprint density at radius 2 is 1.67 bits per heavy atom. The van der Waals surface area contributed by atoms with E-state index in [0.29, 0.717) is 18.7 Å². The molecule has 0 fully saturated rings. The molecular weight excluding hydrogens is 516 g/mol. The first-order valence-corrected chi connectivity index (χ1v) is 13.1. The van der Waals surface area contributed by atoms with Crippen LogP contribution in [0.2, 0.25) is 0 Å². The zero-order valence-electron chi connectivity index (χ0n) is 21.5. The zero-order chi connectivity index (χ0) is 26.1. The first kappa shape index (κ1) is 27.5. The Labute approximate surface area is 223 Å². The van der Waals surface area contributed by atoms with Gasteiger partial charge in [-0.05, 0) is 73.7 Å². The highest BCUT2D eigenvalue weighted by Gasteiger charge is 2.31. The van der Waals surface area contributed by atoms with Crippen LogP contribution in [0.15, 0.2) is 77.3 Å². The average molecular weight is 552 g/mol. The molecule has 0 spiro atoms. The molecule has 0 aliphatic rings. The molecule has 0 bridgehead atoms. The van der Waals surface area contributed by atoms with Gasteiger partial charge in [0.05, 0.1) is 0 Å². The van der Waals surface area contributed by atoms with Crippen molar-refractivity contribution in [2.45, 2.75) is 59.2 Å². The maximum absolute atomic E-state index is 13.7. The number of hydrogen-bond acceptors (Lipinski definition) is 3. The van der Waals surface area contributed by atoms with Crippen LogP contribution in [0.4, 0.5) is 0 Å². The number of nitrogens with one attached hydrogen (secondary N) is 1. The topological polar surface area (TPSA) is 58.6 Å². The minimum atomic E-state index is -0.684. The molecule has 0 aliphatic carbocycles. The molecule has 0 aliphatic heterocycles. The fourth-order valence-electron chi connectivity index (χ4n) is 3.86. The van der Waals surface area contributed by atoms with Gasteiger partial charge in [0.25, 0.3) is 5.91 Å². The van der Waals surface area contributed by atoms with Crippen LogP contribution in [0.25, 0.3) is 0 Å². The van der Waals surface area contributed by atoms with E-state index in [2.05, 4.69) is 21.2 Å². The summed E-state index contributed by atoms with van der Waals surface area (Å²) in [6.07, 6.45) is 1.21. The zero-order valence-corrected chi connectivity index (χ0v) is 23.0. The molecule has 0 saturated carbocycles. The summed E-state index contributed by atoms with van der Waals surface area (Å²) < 4.78 is 6.82. The van der Waals surface area contributed by atoms with Crippen molar-refractivity contribution in [2.75, 3.05) is 6.61 Å². The molecule has 3 rings (SSSR count). The predicted molar refractivity (Wildman–Crippen MR) is 148 cm³/mol. The van der Waals surface area contributed by atoms with E-state index in [9.17, 15) is 9.59 Å². The van der Waals surface area contributed by atoms with Gasteiger partial charge in [-0.2, -0.15) is 0 Å². The van der Waals surface area contributed by atoms with Gasteiger partial charge < -0.3 is 15.0 Å². The van der Waals surface area contributed by atoms with Gasteiger partial charge in [0.2, 0.25) is 5.91 Å². The highest BCUT2D eigenvalue weighted by atomic mass is 79.9. The standard InChI is InChI=1S/C30H35BrN2O3/c1-5-23(4)32-30(35)28(18-24-10-7-6-8-11-24)33(19-25-12-9-13-26(31)17-25)29(34)20-36-27-15-14-21(2)22(3)16-27/h6-17,23,28H,5,18-20H2,1-4H3,(H,32,35). The molecule has 2 atom stereocenters. The van der Waals surface area contributed by atoms with E-state index < -0.39 is 6.04 Å². The summed E-state index contributed by atoms with van der Waals surface area (Å²) in [6.45, 7) is 8.19. The Kier molecular flexibility index (Phi) is 10.1. The molecule has 0 radical (unpaired) electrons. The van der Waals surface area contributed by atoms with E-state index in [1.165, 1.54) is 0 Å². The third kappa shape index (κ3) is 7.95. The summed E-state index contributed by atoms with van der Waals surface area (Å²) in [6, 6.07) is 22.7. The normalized spacial score (nSPS) is 12.5. The molecule has 3 aromatic carbocycles. The second-order valence-electron chi connectivity index (χ2n) is 9.21. The van der Waals surface area contributed by atoms with Crippen LogP contribution in [0.3, 0.4) is 0 Å². The second kappa shape index (κ2) is 13.3. The van der Waals surface area contributed by atoms with E-state index in [1.54, 1.807) is 4.90 Å². The van der Waals surface area contributed by atoms with Crippen molar-refractivity contribution in [1.29, 1.82) is 0 Å². The van der Waals surface area contributed by atoms with Crippen molar-refractivity contribution in [3.05, 3.63) is 99.5 Å². The van der Waals surface area contributed by atoms with Crippen molar-refractivity contribution in [3.63, 3.8) is 0 Å². The van der Waals surface area contributed by atoms with E-state index in [-0.39, 0.29) is 24.5 Å². The third-order valence-electron chi connectivity index (χ3n) is 6.35. The fourth-order valence-corrected chi connectivity index (χ4v) is 4.31. The lowest BCUT2D eigenvalue weighted by Gasteiger charge is -2.32. The Hall–Kier alpha value is -3.12. The minimum absolute atomic E-state index is 0.00498. The first-order chi connectivity index (χ1) is 17.3. The molecule has 1 N–H and O–H groups in total. The molecule has 5 nitrogen and oxygen atoms in total. The van der Waals surface area contributed by atoms with Crippen LogP contribution in [0.5, 0.6) is 5.75 Å². The lowest BCUT2D eigenvalue weighted by Crippen LogP contribution is -2.53. The number of carbonyl (C=O) groups excluding carboxylic acids is 2. The number of ether oxygens (including phenoxy) is 1. The van der Waals surface area contributed by atoms with Gasteiger partial charge in [0, 0.05) is 23.5 Å². The summed E-state index contributed by atoms with van der Waals surface area (Å²) >= 11 is 3.52. The summed E-state index contributed by atoms with van der Waals surface area (Å²) in [5, 5.41) is 3.09. The van der Waals surface area contributed by atoms with Crippen molar-refractivity contribution in [2.24, 2.45) is 0 Å². The number of aryl methyl sites for hydroxylation is 2. The number of rotatable bonds is 11. The maximum Gasteiger partial charge on any atom is 0.261 e. The highest BCUT2D eigenvalue weighted by Crippen LogP contribution is 2.20. The SMILES string of the molecule is CCC(C)NC(=O)C(Cc1ccccc1)N(Cc1cccc(Br)c1)C(=O)COc1ccc(C)c(C)c1. The van der Waals surface area contributed by atoms with Crippen LogP contribution in [-0.2, 0) is 22.6 Å². The highest BCUT2D eigenvalue weighted by molar-refractivity contribution is 9.10. The molecule has 6 heteroatoms. The molecule has 3 aromatic rings. The molecule has 2 amide bonds. The van der Waals surface area contributed by atoms with E-state index in [1.807, 2.05) is 100 Å². The summed E-state index contributed by atoms with van der Waals surface area (Å²) in [4.78, 5) is 28.8. The number of hydrogen-bond donors (Lipinski definition) is 1. The smallest absolute Gasteiger partial charge is 0.261 e. The van der Waals surface area contributed by atoms with Gasteiger partial charge in [-0.3, -0.25) is 9.59 Å². The van der Waals surface area contributed by atoms with Crippen LogP contribution in [0, 0.1) is 13.8 Å². The number of benzene rings is 3. The minimum Gasteiger partial charge on any atom is -0.484 e. The van der Waals surface area contributed by atoms with Gasteiger partial charge in [-0.15, -0.1) is 0 Å². The van der Waals surface area contributed by atoms with Crippen molar-refractivity contribution >= 4 is 27.7 Å². The molecule has 0 aromatic heterocycles. The lowest BCUT2D eigenvalue weighted by molar-refractivity contribution is -0.143. The van der Waals surface area contributed by atoms with Crippen LogP contribution in [-0.4, -0.2) is 35.4 Å². The lowest BCUT2D eigenvalue weighted by atomic mass is 10.0. The van der Waals surface area contributed by atoms with Gasteiger partial charge in [-0.1, -0.05) is 71.4 Å². The fraction of sp³-hybridized carbons (Fsp3) is 0.333. The van der Waals surface area contributed by atoms with Crippen LogP contribution in [0.1, 0.15) is 42.5 Å². The third-order valence-corrected chi connectivity index (χ3v) is 6.85. The van der Waals surface area contributed by atoms with Gasteiger partial charge in [0.15, 0.2) is 6.61 Å². The monoisotopic (exact) mass is 550 g/mol. The molecule has 0 saturated heterocycles. The van der Waals surface area contributed by atoms with Crippen LogP contribution >= 0.6 is 15.9 Å². The Morgan fingerprint density at radius 3 is 2.33 bits per heavy atom. The van der Waals surface area contributed by atoms with Crippen LogP contribution < -0.4 is 10.1 Å². The Morgan fingerprint density at radius 1 is 0.944 bits per heavy atom. The van der Waals surface area contributed by atoms with Gasteiger partial charge >= 0.3 is 0 Å². The van der Waals surface area contributed by atoms with Crippen molar-refractivity contribution in [3.8, 4) is 5.75 Å². The maximum atomic E-state index is 13.7. The summed E-state index contributed by atoms with van der Waals surface area (Å²) in [7, 11) is 0. The molecule has 0 heterocycles. The van der Waals surface area contributed by atoms with E-state index in [4.69, 9.17) is 4.74 Å². The average Bonchev–Trinajstić information content (AvgIpc) is 2.87. The quantitative estimate of drug-likeness (QED) is 0.318. The Bertz CT molecular complexity index is 1170. The number of halogens is 1. The van der Waals surface area contributed by atoms with E-state index in [0.717, 1.165) is 33.1 Å². The number of nitrogens with zero attached hydrogens (tertiary/aromatic N) is 1. The van der Waals surface area contributed by atoms with Crippen molar-refractivity contribution in [1.82, 2.24) is 10.2 Å². The molecule has 190 valence electrons. The first-order valence-electron chi connectivity index (χ1n) is 12.3.